The van der Waals surface area contributed by atoms with Gasteiger partial charge in [-0.1, -0.05) is 48.5 Å². The van der Waals surface area contributed by atoms with Crippen LogP contribution in [0.5, 0.6) is 5.75 Å². The van der Waals surface area contributed by atoms with E-state index in [-0.39, 0.29) is 31.1 Å². The predicted octanol–water partition coefficient (Wildman–Crippen LogP) is 1.58. The number of hydrogen-bond acceptors (Lipinski definition) is 6. The lowest BCUT2D eigenvalue weighted by Gasteiger charge is -2.43. The fourth-order valence-electron chi connectivity index (χ4n) is 3.32. The minimum Gasteiger partial charge on any atom is -0.484 e. The first-order chi connectivity index (χ1) is 14.1. The van der Waals surface area contributed by atoms with E-state index in [1.165, 1.54) is 16.7 Å². The van der Waals surface area contributed by atoms with Crippen molar-refractivity contribution in [1.29, 1.82) is 0 Å². The molecule has 29 heavy (non-hydrogen) atoms. The minimum atomic E-state index is -0.662. The average Bonchev–Trinajstić information content (AvgIpc) is 3.16. The van der Waals surface area contributed by atoms with Crippen LogP contribution in [0, 0.1) is 0 Å². The fraction of sp³-hybridized carbons (Fsp3) is 0.286. The number of β-lactam (4-membered cyclic amide) rings is 1. The summed E-state index contributed by atoms with van der Waals surface area (Å²) in [5, 5.41) is 2.04. The van der Waals surface area contributed by atoms with Gasteiger partial charge in [0.2, 0.25) is 5.91 Å². The Hall–Kier alpha value is -3.00. The lowest BCUT2D eigenvalue weighted by Crippen LogP contribution is -2.71. The molecule has 0 aromatic heterocycles. The fourth-order valence-corrected chi connectivity index (χ4v) is 4.68. The number of benzene rings is 2. The molecule has 2 amide bonds. The topological polar surface area (TPSA) is 84.9 Å². The van der Waals surface area contributed by atoms with E-state index in [1.54, 1.807) is 12.1 Å². The summed E-state index contributed by atoms with van der Waals surface area (Å²) in [5.41, 5.74) is 0.888. The molecular formula is C21H20N2O5S. The number of ether oxygens (including phenoxy) is 2. The number of amides is 2. The summed E-state index contributed by atoms with van der Waals surface area (Å²) < 4.78 is 10.8. The number of fused-ring (bicyclic) bond motifs is 1. The molecule has 2 heterocycles. The van der Waals surface area contributed by atoms with Crippen molar-refractivity contribution < 1.29 is 23.9 Å². The number of carbonyl (C=O) groups is 3. The Morgan fingerprint density at radius 1 is 1.07 bits per heavy atom. The molecule has 4 rings (SSSR count). The highest BCUT2D eigenvalue weighted by molar-refractivity contribution is 8.00. The molecule has 150 valence electrons. The molecule has 3 atom stereocenters. The molecule has 0 aliphatic carbocycles. The van der Waals surface area contributed by atoms with Crippen molar-refractivity contribution in [2.75, 3.05) is 12.4 Å². The van der Waals surface area contributed by atoms with Crippen molar-refractivity contribution >= 4 is 29.5 Å². The van der Waals surface area contributed by atoms with Crippen LogP contribution in [0.1, 0.15) is 5.56 Å². The van der Waals surface area contributed by atoms with Crippen molar-refractivity contribution in [1.82, 2.24) is 10.2 Å². The molecule has 2 fully saturated rings. The van der Waals surface area contributed by atoms with E-state index >= 15 is 0 Å². The SMILES string of the molecule is O=C(COc1ccccc1)N[C@H]1C(=O)N2C(C(=O)OCc3ccccc3)SCC12. The number of para-hydroxylation sites is 1. The van der Waals surface area contributed by atoms with Crippen molar-refractivity contribution in [2.45, 2.75) is 24.1 Å². The molecule has 1 N–H and O–H groups in total. The summed E-state index contributed by atoms with van der Waals surface area (Å²) >= 11 is 1.36. The summed E-state index contributed by atoms with van der Waals surface area (Å²) in [5.74, 6) is 0.0804. The Morgan fingerprint density at radius 2 is 1.76 bits per heavy atom. The first kappa shape index (κ1) is 19.3. The molecule has 0 spiro atoms. The third-order valence-electron chi connectivity index (χ3n) is 4.80. The average molecular weight is 412 g/mol. The van der Waals surface area contributed by atoms with Gasteiger partial charge in [-0.2, -0.15) is 0 Å². The molecular weight excluding hydrogens is 392 g/mol. The number of thioether (sulfide) groups is 1. The predicted molar refractivity (Wildman–Crippen MR) is 107 cm³/mol. The van der Waals surface area contributed by atoms with Crippen LogP contribution in [0.15, 0.2) is 60.7 Å². The van der Waals surface area contributed by atoms with E-state index in [1.807, 2.05) is 48.5 Å². The lowest BCUT2D eigenvalue weighted by molar-refractivity contribution is -0.162. The highest BCUT2D eigenvalue weighted by Crippen LogP contribution is 2.39. The molecule has 2 saturated heterocycles. The van der Waals surface area contributed by atoms with Crippen LogP contribution in [-0.4, -0.2) is 52.5 Å². The van der Waals surface area contributed by atoms with Crippen LogP contribution in [0.25, 0.3) is 0 Å². The van der Waals surface area contributed by atoms with E-state index in [4.69, 9.17) is 9.47 Å². The van der Waals surface area contributed by atoms with Crippen LogP contribution in [0.4, 0.5) is 0 Å². The highest BCUT2D eigenvalue weighted by atomic mass is 32.2. The summed E-state index contributed by atoms with van der Waals surface area (Å²) in [6.07, 6.45) is 0. The Kier molecular flexibility index (Phi) is 5.71. The molecule has 0 saturated carbocycles. The maximum atomic E-state index is 12.5. The second-order valence-corrected chi connectivity index (χ2v) is 7.85. The van der Waals surface area contributed by atoms with E-state index < -0.39 is 17.4 Å². The van der Waals surface area contributed by atoms with Crippen LogP contribution < -0.4 is 10.1 Å². The molecule has 0 bridgehead atoms. The standard InChI is InChI=1S/C21H20N2O5S/c24-17(12-27-15-9-5-2-6-10-15)22-18-16-13-29-20(23(16)19(18)25)21(26)28-11-14-7-3-1-4-8-14/h1-10,16,18,20H,11-13H2,(H,22,24)/t16?,18-,20?/m1/s1. The first-order valence-electron chi connectivity index (χ1n) is 9.25. The molecule has 2 aromatic rings. The van der Waals surface area contributed by atoms with Crippen LogP contribution in [-0.2, 0) is 25.7 Å². The second kappa shape index (κ2) is 8.57. The summed E-state index contributed by atoms with van der Waals surface area (Å²) in [4.78, 5) is 38.5. The molecule has 2 aliphatic heterocycles. The number of hydrogen-bond donors (Lipinski definition) is 1. The monoisotopic (exact) mass is 412 g/mol. The summed E-state index contributed by atoms with van der Waals surface area (Å²) in [6, 6.07) is 17.5. The summed E-state index contributed by atoms with van der Waals surface area (Å²) in [7, 11) is 0. The molecule has 7 nitrogen and oxygen atoms in total. The number of nitrogens with zero attached hydrogens (tertiary/aromatic N) is 1. The number of esters is 1. The first-order valence-corrected chi connectivity index (χ1v) is 10.3. The van der Waals surface area contributed by atoms with Crippen molar-refractivity contribution in [2.24, 2.45) is 0 Å². The molecule has 2 unspecified atom stereocenters. The van der Waals surface area contributed by atoms with Gasteiger partial charge in [0.25, 0.3) is 5.91 Å². The zero-order valence-corrected chi connectivity index (χ0v) is 16.3. The third kappa shape index (κ3) is 4.22. The highest BCUT2D eigenvalue weighted by Gasteiger charge is 2.57. The van der Waals surface area contributed by atoms with Gasteiger partial charge in [0, 0.05) is 5.75 Å². The smallest absolute Gasteiger partial charge is 0.339 e. The zero-order chi connectivity index (χ0) is 20.2. The van der Waals surface area contributed by atoms with Crippen molar-refractivity contribution in [3.8, 4) is 5.75 Å². The Labute approximate surface area is 172 Å². The van der Waals surface area contributed by atoms with Gasteiger partial charge in [0.15, 0.2) is 12.0 Å². The van der Waals surface area contributed by atoms with Crippen molar-refractivity contribution in [3.63, 3.8) is 0 Å². The molecule has 8 heteroatoms. The third-order valence-corrected chi connectivity index (χ3v) is 6.06. The molecule has 0 radical (unpaired) electrons. The van der Waals surface area contributed by atoms with Crippen LogP contribution >= 0.6 is 11.8 Å². The van der Waals surface area contributed by atoms with E-state index in [0.29, 0.717) is 11.5 Å². The Bertz CT molecular complexity index is 892. The normalized spacial score (nSPS) is 22.4. The van der Waals surface area contributed by atoms with E-state index in [9.17, 15) is 14.4 Å². The van der Waals surface area contributed by atoms with Crippen molar-refractivity contribution in [3.05, 3.63) is 66.2 Å². The van der Waals surface area contributed by atoms with Gasteiger partial charge in [0.1, 0.15) is 18.4 Å². The van der Waals surface area contributed by atoms with Crippen LogP contribution in [0.2, 0.25) is 0 Å². The van der Waals surface area contributed by atoms with Gasteiger partial charge >= 0.3 is 5.97 Å². The number of nitrogens with one attached hydrogen (secondary N) is 1. The number of carbonyl (C=O) groups excluding carboxylic acids is 3. The minimum absolute atomic E-state index is 0.167. The second-order valence-electron chi connectivity index (χ2n) is 6.74. The van der Waals surface area contributed by atoms with Gasteiger partial charge in [-0.3, -0.25) is 9.59 Å². The molecule has 2 aromatic carbocycles. The van der Waals surface area contributed by atoms with E-state index in [2.05, 4.69) is 5.32 Å². The van der Waals surface area contributed by atoms with Gasteiger partial charge in [-0.05, 0) is 17.7 Å². The van der Waals surface area contributed by atoms with Gasteiger partial charge in [-0.25, -0.2) is 4.79 Å². The van der Waals surface area contributed by atoms with E-state index in [0.717, 1.165) is 5.56 Å². The Morgan fingerprint density at radius 3 is 2.48 bits per heavy atom. The Balaban J connectivity index is 1.26. The maximum absolute atomic E-state index is 12.5. The van der Waals surface area contributed by atoms with Gasteiger partial charge < -0.3 is 19.7 Å². The molecule has 2 aliphatic rings. The van der Waals surface area contributed by atoms with Gasteiger partial charge in [-0.15, -0.1) is 11.8 Å². The maximum Gasteiger partial charge on any atom is 0.339 e. The van der Waals surface area contributed by atoms with Crippen LogP contribution in [0.3, 0.4) is 0 Å². The zero-order valence-electron chi connectivity index (χ0n) is 15.5. The largest absolute Gasteiger partial charge is 0.484 e. The quantitative estimate of drug-likeness (QED) is 0.549. The lowest BCUT2D eigenvalue weighted by atomic mass is 9.97. The van der Waals surface area contributed by atoms with Gasteiger partial charge in [0.05, 0.1) is 6.04 Å². The summed E-state index contributed by atoms with van der Waals surface area (Å²) in [6.45, 7) is -0.00335. The number of rotatable bonds is 7.